The number of carbonyl (C=O) groups excluding carboxylic acids is 2. The third-order valence-electron chi connectivity index (χ3n) is 3.09. The maximum absolute atomic E-state index is 12.0. The number of hydrogen-bond donors (Lipinski definition) is 1. The summed E-state index contributed by atoms with van der Waals surface area (Å²) >= 11 is 7.75. The largest absolute Gasteiger partial charge is 0.356 e. The molecule has 6 heteroatoms. The van der Waals surface area contributed by atoms with Crippen molar-refractivity contribution in [3.8, 4) is 0 Å². The van der Waals surface area contributed by atoms with Gasteiger partial charge in [-0.2, -0.15) is 0 Å². The van der Waals surface area contributed by atoms with Crippen LogP contribution in [-0.4, -0.2) is 35.6 Å². The molecule has 1 unspecified atom stereocenters. The average Bonchev–Trinajstić information content (AvgIpc) is 2.78. The highest BCUT2D eigenvalue weighted by Gasteiger charge is 2.33. The number of carbonyl (C=O) groups is 2. The molecule has 2 amide bonds. The first kappa shape index (κ1) is 15.2. The van der Waals surface area contributed by atoms with Crippen LogP contribution in [0, 0.1) is 0 Å². The topological polar surface area (TPSA) is 49.4 Å². The number of hydrogen-bond acceptors (Lipinski definition) is 3. The van der Waals surface area contributed by atoms with Crippen LogP contribution in [0.2, 0.25) is 5.02 Å². The van der Waals surface area contributed by atoms with Crippen LogP contribution in [0.1, 0.15) is 24.3 Å². The summed E-state index contributed by atoms with van der Waals surface area (Å²) in [5, 5.41) is 3.30. The van der Waals surface area contributed by atoms with E-state index in [-0.39, 0.29) is 17.2 Å². The molecular formula is C14H17ClN2O2S. The lowest BCUT2D eigenvalue weighted by molar-refractivity contribution is -0.129. The lowest BCUT2D eigenvalue weighted by atomic mass is 10.2. The van der Waals surface area contributed by atoms with Crippen LogP contribution in [0.4, 0.5) is 0 Å². The van der Waals surface area contributed by atoms with Crippen LogP contribution in [-0.2, 0) is 9.59 Å². The van der Waals surface area contributed by atoms with Crippen molar-refractivity contribution in [3.63, 3.8) is 0 Å². The predicted molar refractivity (Wildman–Crippen MR) is 81.7 cm³/mol. The van der Waals surface area contributed by atoms with Crippen molar-refractivity contribution in [2.24, 2.45) is 0 Å². The minimum absolute atomic E-state index is 0.0323. The molecule has 0 aliphatic carbocycles. The van der Waals surface area contributed by atoms with Gasteiger partial charge in [0.05, 0.1) is 5.75 Å². The van der Waals surface area contributed by atoms with Gasteiger partial charge in [0.1, 0.15) is 5.37 Å². The van der Waals surface area contributed by atoms with Crippen LogP contribution in [0.25, 0.3) is 0 Å². The maximum atomic E-state index is 12.0. The quantitative estimate of drug-likeness (QED) is 0.908. The molecule has 0 radical (unpaired) electrons. The molecule has 0 bridgehead atoms. The lowest BCUT2D eigenvalue weighted by Gasteiger charge is -2.24. The summed E-state index contributed by atoms with van der Waals surface area (Å²) in [6, 6.07) is 7.53. The molecule has 108 valence electrons. The summed E-state index contributed by atoms with van der Waals surface area (Å²) in [5.41, 5.74) is 0.931. The van der Waals surface area contributed by atoms with Crippen LogP contribution in [0.3, 0.4) is 0 Å². The van der Waals surface area contributed by atoms with E-state index in [1.165, 1.54) is 0 Å². The summed E-state index contributed by atoms with van der Waals surface area (Å²) in [6.07, 6.45) is 0.321. The normalized spacial score (nSPS) is 18.4. The van der Waals surface area contributed by atoms with Gasteiger partial charge < -0.3 is 10.2 Å². The van der Waals surface area contributed by atoms with E-state index in [1.54, 1.807) is 16.7 Å². The highest BCUT2D eigenvalue weighted by Crippen LogP contribution is 2.41. The molecule has 4 nitrogen and oxygen atoms in total. The van der Waals surface area contributed by atoms with E-state index in [2.05, 4.69) is 5.32 Å². The van der Waals surface area contributed by atoms with Crippen molar-refractivity contribution in [1.82, 2.24) is 10.2 Å². The van der Waals surface area contributed by atoms with Crippen molar-refractivity contribution in [2.45, 2.75) is 18.7 Å². The summed E-state index contributed by atoms with van der Waals surface area (Å²) in [5.74, 6) is 0.463. The Morgan fingerprint density at radius 3 is 2.95 bits per heavy atom. The summed E-state index contributed by atoms with van der Waals surface area (Å²) < 4.78 is 0. The van der Waals surface area contributed by atoms with Gasteiger partial charge in [-0.1, -0.05) is 29.8 Å². The zero-order chi connectivity index (χ0) is 14.5. The van der Waals surface area contributed by atoms with Gasteiger partial charge in [0, 0.05) is 30.1 Å². The zero-order valence-electron chi connectivity index (χ0n) is 11.3. The van der Waals surface area contributed by atoms with Crippen LogP contribution in [0.5, 0.6) is 0 Å². The van der Waals surface area contributed by atoms with E-state index in [9.17, 15) is 9.59 Å². The molecule has 0 spiro atoms. The van der Waals surface area contributed by atoms with Crippen molar-refractivity contribution in [3.05, 3.63) is 34.9 Å². The van der Waals surface area contributed by atoms with Gasteiger partial charge in [-0.15, -0.1) is 11.8 Å². The number of benzene rings is 1. The second kappa shape index (κ2) is 6.99. The number of nitrogens with one attached hydrogen (secondary N) is 1. The highest BCUT2D eigenvalue weighted by atomic mass is 35.5. The van der Waals surface area contributed by atoms with Gasteiger partial charge in [0.25, 0.3) is 0 Å². The molecule has 1 atom stereocenters. The second-order valence-electron chi connectivity index (χ2n) is 4.48. The molecule has 1 aliphatic heterocycles. The fourth-order valence-corrected chi connectivity index (χ4v) is 3.69. The van der Waals surface area contributed by atoms with Crippen molar-refractivity contribution < 1.29 is 9.59 Å². The Balaban J connectivity index is 2.07. The fourth-order valence-electron chi connectivity index (χ4n) is 2.14. The Hall–Kier alpha value is -1.20. The first-order chi connectivity index (χ1) is 9.63. The maximum Gasteiger partial charge on any atom is 0.233 e. The molecular weight excluding hydrogens is 296 g/mol. The Kier molecular flexibility index (Phi) is 5.31. The molecule has 1 heterocycles. The fraction of sp³-hybridized carbons (Fsp3) is 0.429. The van der Waals surface area contributed by atoms with Crippen LogP contribution < -0.4 is 5.32 Å². The molecule has 0 aromatic heterocycles. The minimum Gasteiger partial charge on any atom is -0.356 e. The molecule has 1 saturated heterocycles. The van der Waals surface area contributed by atoms with Crippen molar-refractivity contribution in [1.29, 1.82) is 0 Å². The standard InChI is InChI=1S/C14H17ClN2O2S/c1-2-16-12(18)7-8-17-13(19)9-20-14(17)10-5-3-4-6-11(10)15/h3-6,14H,2,7-9H2,1H3,(H,16,18). The summed E-state index contributed by atoms with van der Waals surface area (Å²) in [7, 11) is 0. The SMILES string of the molecule is CCNC(=O)CCN1C(=O)CSC1c1ccccc1Cl. The molecule has 2 rings (SSSR count). The Morgan fingerprint density at radius 2 is 2.25 bits per heavy atom. The second-order valence-corrected chi connectivity index (χ2v) is 5.95. The molecule has 1 aliphatic rings. The molecule has 1 N–H and O–H groups in total. The van der Waals surface area contributed by atoms with Gasteiger partial charge in [-0.05, 0) is 13.0 Å². The minimum atomic E-state index is -0.0920. The number of amides is 2. The van der Waals surface area contributed by atoms with E-state index in [4.69, 9.17) is 11.6 Å². The Labute approximate surface area is 127 Å². The molecule has 1 fully saturated rings. The molecule has 1 aromatic carbocycles. The summed E-state index contributed by atoms with van der Waals surface area (Å²) in [4.78, 5) is 25.2. The number of nitrogens with zero attached hydrogens (tertiary/aromatic N) is 1. The van der Waals surface area contributed by atoms with E-state index in [0.29, 0.717) is 30.3 Å². The van der Waals surface area contributed by atoms with E-state index >= 15 is 0 Å². The number of rotatable bonds is 5. The van der Waals surface area contributed by atoms with E-state index in [1.807, 2.05) is 31.2 Å². The van der Waals surface area contributed by atoms with E-state index in [0.717, 1.165) is 5.56 Å². The van der Waals surface area contributed by atoms with Gasteiger partial charge >= 0.3 is 0 Å². The highest BCUT2D eigenvalue weighted by molar-refractivity contribution is 8.00. The monoisotopic (exact) mass is 312 g/mol. The van der Waals surface area contributed by atoms with Crippen LogP contribution >= 0.6 is 23.4 Å². The first-order valence-corrected chi connectivity index (χ1v) is 7.98. The average molecular weight is 313 g/mol. The number of halogens is 1. The van der Waals surface area contributed by atoms with Crippen molar-refractivity contribution >= 4 is 35.2 Å². The molecule has 1 aromatic rings. The summed E-state index contributed by atoms with van der Waals surface area (Å²) in [6.45, 7) is 2.91. The van der Waals surface area contributed by atoms with Gasteiger partial charge in [-0.3, -0.25) is 9.59 Å². The zero-order valence-corrected chi connectivity index (χ0v) is 12.8. The third-order valence-corrected chi connectivity index (χ3v) is 4.68. The van der Waals surface area contributed by atoms with Crippen LogP contribution in [0.15, 0.2) is 24.3 Å². The van der Waals surface area contributed by atoms with Gasteiger partial charge in [-0.25, -0.2) is 0 Å². The van der Waals surface area contributed by atoms with Gasteiger partial charge in [0.2, 0.25) is 11.8 Å². The Morgan fingerprint density at radius 1 is 1.50 bits per heavy atom. The first-order valence-electron chi connectivity index (χ1n) is 6.55. The molecule has 0 saturated carbocycles. The third kappa shape index (κ3) is 3.46. The Bertz CT molecular complexity index is 510. The number of thioether (sulfide) groups is 1. The van der Waals surface area contributed by atoms with Gasteiger partial charge in [0.15, 0.2) is 0 Å². The predicted octanol–water partition coefficient (Wildman–Crippen LogP) is 2.44. The van der Waals surface area contributed by atoms with E-state index < -0.39 is 0 Å². The molecule has 20 heavy (non-hydrogen) atoms. The van der Waals surface area contributed by atoms with Crippen molar-refractivity contribution in [2.75, 3.05) is 18.8 Å². The smallest absolute Gasteiger partial charge is 0.233 e. The lowest BCUT2D eigenvalue weighted by Crippen LogP contribution is -2.33.